The van der Waals surface area contributed by atoms with Crippen molar-refractivity contribution in [2.75, 3.05) is 13.1 Å². The monoisotopic (exact) mass is 368 g/mol. The quantitative estimate of drug-likeness (QED) is 0.854. The summed E-state index contributed by atoms with van der Waals surface area (Å²) in [6.07, 6.45) is 2.70. The van der Waals surface area contributed by atoms with Gasteiger partial charge in [-0.1, -0.05) is 19.8 Å². The molecule has 2 fully saturated rings. The molecule has 26 heavy (non-hydrogen) atoms. The van der Waals surface area contributed by atoms with Gasteiger partial charge in [-0.3, -0.25) is 9.69 Å². The normalized spacial score (nSPS) is 24.6. The second kappa shape index (κ2) is 7.99. The number of nitrogens with one attached hydrogen (secondary N) is 1. The average Bonchev–Trinajstić information content (AvgIpc) is 3.15. The number of alkyl halides is 3. The lowest BCUT2D eigenvalue weighted by Crippen LogP contribution is -2.52. The summed E-state index contributed by atoms with van der Waals surface area (Å²) in [4.78, 5) is 15.3. The van der Waals surface area contributed by atoms with Crippen molar-refractivity contribution in [3.8, 4) is 0 Å². The van der Waals surface area contributed by atoms with Crippen LogP contribution in [0.3, 0.4) is 0 Å². The highest BCUT2D eigenvalue weighted by atomic mass is 19.4. The van der Waals surface area contributed by atoms with Crippen LogP contribution in [0.1, 0.15) is 66.9 Å². The molecule has 1 aromatic carbocycles. The van der Waals surface area contributed by atoms with Crippen molar-refractivity contribution in [3.05, 3.63) is 34.9 Å². The van der Waals surface area contributed by atoms with Gasteiger partial charge in [0.15, 0.2) is 0 Å². The Hall–Kier alpha value is -1.56. The maximum Gasteiger partial charge on any atom is 0.416 e. The van der Waals surface area contributed by atoms with Crippen LogP contribution in [0.2, 0.25) is 0 Å². The van der Waals surface area contributed by atoms with Crippen LogP contribution in [-0.2, 0) is 12.6 Å². The first-order valence-electron chi connectivity index (χ1n) is 9.65. The second-order valence-electron chi connectivity index (χ2n) is 7.40. The van der Waals surface area contributed by atoms with Gasteiger partial charge in [-0.15, -0.1) is 0 Å². The number of nitrogens with zero attached hydrogens (tertiary/aromatic N) is 1. The molecule has 144 valence electrons. The molecule has 0 bridgehead atoms. The first-order chi connectivity index (χ1) is 12.4. The number of amides is 1. The van der Waals surface area contributed by atoms with E-state index in [1.807, 2.05) is 0 Å². The van der Waals surface area contributed by atoms with E-state index < -0.39 is 11.7 Å². The molecule has 1 saturated carbocycles. The van der Waals surface area contributed by atoms with Crippen molar-refractivity contribution in [1.82, 2.24) is 10.2 Å². The van der Waals surface area contributed by atoms with Crippen molar-refractivity contribution in [2.45, 2.75) is 70.1 Å². The largest absolute Gasteiger partial charge is 0.416 e. The molecule has 0 aromatic heterocycles. The van der Waals surface area contributed by atoms with Crippen LogP contribution >= 0.6 is 0 Å². The number of carbonyl (C=O) groups is 1. The van der Waals surface area contributed by atoms with Crippen LogP contribution in [-0.4, -0.2) is 36.0 Å². The maximum absolute atomic E-state index is 12.9. The van der Waals surface area contributed by atoms with Gasteiger partial charge in [0.25, 0.3) is 5.91 Å². The molecule has 0 radical (unpaired) electrons. The van der Waals surface area contributed by atoms with Crippen molar-refractivity contribution in [3.63, 3.8) is 0 Å². The number of hydrogen-bond donors (Lipinski definition) is 1. The third-order valence-corrected chi connectivity index (χ3v) is 5.71. The van der Waals surface area contributed by atoms with Gasteiger partial charge in [0.05, 0.1) is 5.56 Å². The summed E-state index contributed by atoms with van der Waals surface area (Å²) in [7, 11) is 0. The third kappa shape index (κ3) is 4.22. The molecule has 1 N–H and O–H groups in total. The van der Waals surface area contributed by atoms with Gasteiger partial charge in [0, 0.05) is 17.6 Å². The Bertz CT molecular complexity index is 638. The van der Waals surface area contributed by atoms with E-state index in [1.54, 1.807) is 6.92 Å². The number of benzene rings is 1. The fraction of sp³-hybridized carbons (Fsp3) is 0.650. The van der Waals surface area contributed by atoms with Crippen LogP contribution in [0.4, 0.5) is 13.2 Å². The maximum atomic E-state index is 12.9. The number of hydrogen-bond acceptors (Lipinski definition) is 2. The molecule has 1 heterocycles. The summed E-state index contributed by atoms with van der Waals surface area (Å²) in [6, 6.07) is 3.88. The van der Waals surface area contributed by atoms with E-state index in [9.17, 15) is 18.0 Å². The van der Waals surface area contributed by atoms with Crippen molar-refractivity contribution < 1.29 is 18.0 Å². The van der Waals surface area contributed by atoms with Crippen LogP contribution < -0.4 is 5.32 Å². The Morgan fingerprint density at radius 1 is 1.15 bits per heavy atom. The number of halogens is 3. The zero-order valence-corrected chi connectivity index (χ0v) is 15.2. The zero-order valence-electron chi connectivity index (χ0n) is 15.2. The van der Waals surface area contributed by atoms with Gasteiger partial charge in [-0.25, -0.2) is 0 Å². The fourth-order valence-electron chi connectivity index (χ4n) is 4.32. The Morgan fingerprint density at radius 3 is 2.50 bits per heavy atom. The molecule has 2 aliphatic rings. The standard InChI is InChI=1S/C20H27F3N2O/c1-2-14-13-15(20(21,22)23)9-10-16(14)19(26)24-17-7-3-4-8-18(17)25-11-5-6-12-25/h9-10,13,17-18H,2-8,11-12H2,1H3,(H,24,26)/t17-,18+/m1/s1. The molecule has 1 saturated heterocycles. The third-order valence-electron chi connectivity index (χ3n) is 5.71. The molecule has 1 aromatic rings. The van der Waals surface area contributed by atoms with E-state index in [4.69, 9.17) is 0 Å². The molecular formula is C20H27F3N2O. The lowest BCUT2D eigenvalue weighted by molar-refractivity contribution is -0.137. The molecule has 6 heteroatoms. The highest BCUT2D eigenvalue weighted by Gasteiger charge is 2.34. The second-order valence-corrected chi connectivity index (χ2v) is 7.40. The minimum atomic E-state index is -4.39. The molecule has 0 spiro atoms. The van der Waals surface area contributed by atoms with Crippen LogP contribution in [0.25, 0.3) is 0 Å². The van der Waals surface area contributed by atoms with Crippen LogP contribution in [0, 0.1) is 0 Å². The molecule has 3 rings (SSSR count). The van der Waals surface area contributed by atoms with E-state index in [0.717, 1.165) is 44.5 Å². The van der Waals surface area contributed by atoms with Gasteiger partial charge in [-0.05, 0) is 69.0 Å². The Kier molecular flexibility index (Phi) is 5.90. The number of likely N-dealkylation sites (tertiary alicyclic amines) is 1. The lowest BCUT2D eigenvalue weighted by atomic mass is 9.88. The van der Waals surface area contributed by atoms with E-state index in [0.29, 0.717) is 23.6 Å². The van der Waals surface area contributed by atoms with Crippen LogP contribution in [0.5, 0.6) is 0 Å². The topological polar surface area (TPSA) is 32.3 Å². The zero-order chi connectivity index (χ0) is 18.7. The van der Waals surface area contributed by atoms with Gasteiger partial charge in [0.2, 0.25) is 0 Å². The highest BCUT2D eigenvalue weighted by Crippen LogP contribution is 2.31. The fourth-order valence-corrected chi connectivity index (χ4v) is 4.32. The van der Waals surface area contributed by atoms with E-state index in [2.05, 4.69) is 10.2 Å². The Balaban J connectivity index is 1.76. The van der Waals surface area contributed by atoms with Gasteiger partial charge < -0.3 is 5.32 Å². The number of carbonyl (C=O) groups excluding carboxylic acids is 1. The molecule has 3 nitrogen and oxygen atoms in total. The summed E-state index contributed by atoms with van der Waals surface area (Å²) in [5.41, 5.74) is 0.121. The van der Waals surface area contributed by atoms with Gasteiger partial charge >= 0.3 is 6.18 Å². The molecule has 1 amide bonds. The minimum absolute atomic E-state index is 0.0846. The first kappa shape index (κ1) is 19.2. The summed E-state index contributed by atoms with van der Waals surface area (Å²) < 4.78 is 38.8. The number of rotatable bonds is 4. The smallest absolute Gasteiger partial charge is 0.348 e. The Labute approximate surface area is 152 Å². The van der Waals surface area contributed by atoms with Crippen molar-refractivity contribution >= 4 is 5.91 Å². The van der Waals surface area contributed by atoms with E-state index >= 15 is 0 Å². The minimum Gasteiger partial charge on any atom is -0.348 e. The highest BCUT2D eigenvalue weighted by molar-refractivity contribution is 5.96. The van der Waals surface area contributed by atoms with Gasteiger partial charge in [-0.2, -0.15) is 13.2 Å². The predicted octanol–water partition coefficient (Wildman–Crippen LogP) is 4.40. The SMILES string of the molecule is CCc1cc(C(F)(F)F)ccc1C(=O)N[C@@H]1CCCC[C@@H]1N1CCCC1. The summed E-state index contributed by atoms with van der Waals surface area (Å²) in [6.45, 7) is 3.94. The van der Waals surface area contributed by atoms with Crippen molar-refractivity contribution in [2.24, 2.45) is 0 Å². The molecule has 0 unspecified atom stereocenters. The Morgan fingerprint density at radius 2 is 1.85 bits per heavy atom. The van der Waals surface area contributed by atoms with E-state index in [-0.39, 0.29) is 11.9 Å². The first-order valence-corrected chi connectivity index (χ1v) is 9.65. The van der Waals surface area contributed by atoms with Crippen LogP contribution in [0.15, 0.2) is 18.2 Å². The predicted molar refractivity (Wildman–Crippen MR) is 95.1 cm³/mol. The average molecular weight is 368 g/mol. The summed E-state index contributed by atoms with van der Waals surface area (Å²) >= 11 is 0. The lowest BCUT2D eigenvalue weighted by Gasteiger charge is -2.38. The molecular weight excluding hydrogens is 341 g/mol. The molecule has 1 aliphatic carbocycles. The van der Waals surface area contributed by atoms with Crippen molar-refractivity contribution in [1.29, 1.82) is 0 Å². The molecule has 1 aliphatic heterocycles. The summed E-state index contributed by atoms with van der Waals surface area (Å²) in [5.74, 6) is -0.244. The van der Waals surface area contributed by atoms with Gasteiger partial charge in [0.1, 0.15) is 0 Å². The number of aryl methyl sites for hydroxylation is 1. The summed E-state index contributed by atoms with van der Waals surface area (Å²) in [5, 5.41) is 3.13. The van der Waals surface area contributed by atoms with E-state index in [1.165, 1.54) is 25.3 Å². The molecule has 2 atom stereocenters.